The van der Waals surface area contributed by atoms with E-state index < -0.39 is 35.6 Å². The molecule has 3 unspecified atom stereocenters. The molecule has 192 valence electrons. The molecule has 35 heavy (non-hydrogen) atoms. The molecule has 3 aliphatic heterocycles. The van der Waals surface area contributed by atoms with Crippen molar-refractivity contribution in [1.29, 1.82) is 0 Å². The SMILES string of the molecule is CC(C)C[C@H](CO)N1C(=O)[C@@H]2[C@@H](C(=O)NCc3ccccc3)[C@@H]3OC2(CC3Br)C1C(=O)NC(C)C. The van der Waals surface area contributed by atoms with Crippen molar-refractivity contribution >= 4 is 33.7 Å². The summed E-state index contributed by atoms with van der Waals surface area (Å²) in [4.78, 5) is 42.4. The summed E-state index contributed by atoms with van der Waals surface area (Å²) < 4.78 is 6.48. The lowest BCUT2D eigenvalue weighted by molar-refractivity contribution is -0.146. The summed E-state index contributed by atoms with van der Waals surface area (Å²) in [5.41, 5.74) is -0.158. The molecule has 1 aromatic rings. The Morgan fingerprint density at radius 1 is 1.20 bits per heavy atom. The maximum absolute atomic E-state index is 14.0. The number of aliphatic hydroxyl groups excluding tert-OH is 1. The standard InChI is InChI=1S/C26H36BrN3O5/c1-14(2)10-17(13-31)30-22(24(33)29-15(3)4)26-11-18(27)21(35-26)19(20(26)25(30)34)23(32)28-12-16-8-6-5-7-9-16/h5-9,14-15,17-22,31H,10-13H2,1-4H3,(H,28,32)(H,29,33)/t17-,18?,19-,20+,21-,22?,26?/m1/s1. The maximum atomic E-state index is 14.0. The summed E-state index contributed by atoms with van der Waals surface area (Å²) >= 11 is 3.68. The summed E-state index contributed by atoms with van der Waals surface area (Å²) in [6, 6.07) is 8.02. The van der Waals surface area contributed by atoms with Crippen molar-refractivity contribution < 1.29 is 24.2 Å². The second-order valence-electron chi connectivity index (χ2n) is 10.7. The van der Waals surface area contributed by atoms with Crippen molar-refractivity contribution in [2.24, 2.45) is 17.8 Å². The van der Waals surface area contributed by atoms with Gasteiger partial charge in [-0.25, -0.2) is 0 Å². The van der Waals surface area contributed by atoms with Crippen molar-refractivity contribution in [3.05, 3.63) is 35.9 Å². The third-order valence-corrected chi connectivity index (χ3v) is 8.21. The maximum Gasteiger partial charge on any atom is 0.246 e. The molecule has 9 heteroatoms. The highest BCUT2D eigenvalue weighted by atomic mass is 79.9. The van der Waals surface area contributed by atoms with Gasteiger partial charge in [0.05, 0.1) is 30.6 Å². The fraction of sp³-hybridized carbons (Fsp3) is 0.654. The van der Waals surface area contributed by atoms with E-state index in [1.54, 1.807) is 0 Å². The van der Waals surface area contributed by atoms with Crippen LogP contribution in [0.25, 0.3) is 0 Å². The molecular formula is C26H36BrN3O5. The summed E-state index contributed by atoms with van der Waals surface area (Å²) in [7, 11) is 0. The summed E-state index contributed by atoms with van der Waals surface area (Å²) in [5, 5.41) is 16.2. The fourth-order valence-electron chi connectivity index (χ4n) is 6.15. The zero-order valence-corrected chi connectivity index (χ0v) is 22.3. The summed E-state index contributed by atoms with van der Waals surface area (Å²) in [5.74, 6) is -2.13. The van der Waals surface area contributed by atoms with Gasteiger partial charge in [-0.1, -0.05) is 60.1 Å². The van der Waals surface area contributed by atoms with Crippen LogP contribution in [-0.2, 0) is 25.7 Å². The van der Waals surface area contributed by atoms with Gasteiger partial charge in [0.1, 0.15) is 11.6 Å². The number of benzene rings is 1. The molecule has 3 aliphatic rings. The number of ether oxygens (including phenoxy) is 1. The Hall–Kier alpha value is -1.97. The molecule has 3 heterocycles. The number of carbonyl (C=O) groups is 3. The fourth-order valence-corrected chi connectivity index (χ4v) is 7.09. The molecule has 0 aromatic heterocycles. The van der Waals surface area contributed by atoms with Gasteiger partial charge in [0, 0.05) is 17.4 Å². The predicted octanol–water partition coefficient (Wildman–Crippen LogP) is 1.98. The average molecular weight is 550 g/mol. The van der Waals surface area contributed by atoms with Gasteiger partial charge in [-0.15, -0.1) is 0 Å². The Morgan fingerprint density at radius 2 is 1.89 bits per heavy atom. The molecule has 3 fully saturated rings. The molecule has 4 rings (SSSR count). The number of rotatable bonds is 9. The molecule has 0 radical (unpaired) electrons. The van der Waals surface area contributed by atoms with Crippen LogP contribution in [0.5, 0.6) is 0 Å². The molecular weight excluding hydrogens is 514 g/mol. The number of hydrogen-bond acceptors (Lipinski definition) is 5. The summed E-state index contributed by atoms with van der Waals surface area (Å²) in [6.45, 7) is 7.85. The quantitative estimate of drug-likeness (QED) is 0.408. The molecule has 3 amide bonds. The minimum absolute atomic E-state index is 0.129. The Morgan fingerprint density at radius 3 is 2.49 bits per heavy atom. The number of likely N-dealkylation sites (tertiary alicyclic amines) is 1. The minimum atomic E-state index is -1.12. The number of carbonyl (C=O) groups excluding carboxylic acids is 3. The number of halogens is 1. The molecule has 2 bridgehead atoms. The van der Waals surface area contributed by atoms with Crippen molar-refractivity contribution in [3.8, 4) is 0 Å². The minimum Gasteiger partial charge on any atom is -0.394 e. The lowest BCUT2D eigenvalue weighted by atomic mass is 9.70. The monoisotopic (exact) mass is 549 g/mol. The van der Waals surface area contributed by atoms with Gasteiger partial charge >= 0.3 is 0 Å². The Bertz CT molecular complexity index is 958. The van der Waals surface area contributed by atoms with E-state index in [1.165, 1.54) is 4.90 Å². The van der Waals surface area contributed by atoms with Crippen LogP contribution < -0.4 is 10.6 Å². The van der Waals surface area contributed by atoms with Crippen LogP contribution in [0, 0.1) is 17.8 Å². The van der Waals surface area contributed by atoms with E-state index in [1.807, 2.05) is 58.0 Å². The normalized spacial score (nSPS) is 32.3. The molecule has 7 atom stereocenters. The molecule has 3 saturated heterocycles. The number of alkyl halides is 1. The first-order valence-corrected chi connectivity index (χ1v) is 13.4. The number of aliphatic hydroxyl groups is 1. The first kappa shape index (κ1) is 26.1. The van der Waals surface area contributed by atoms with E-state index in [0.717, 1.165) is 5.56 Å². The van der Waals surface area contributed by atoms with Gasteiger partial charge in [-0.05, 0) is 38.2 Å². The van der Waals surface area contributed by atoms with Gasteiger partial charge in [0.15, 0.2) is 0 Å². The van der Waals surface area contributed by atoms with Crippen LogP contribution in [0.2, 0.25) is 0 Å². The summed E-state index contributed by atoms with van der Waals surface area (Å²) in [6.07, 6.45) is 0.486. The number of nitrogens with one attached hydrogen (secondary N) is 2. The average Bonchev–Trinajstić information content (AvgIpc) is 3.39. The van der Waals surface area contributed by atoms with Crippen molar-refractivity contribution in [1.82, 2.24) is 15.5 Å². The highest BCUT2D eigenvalue weighted by molar-refractivity contribution is 9.09. The second-order valence-corrected chi connectivity index (χ2v) is 11.9. The van der Waals surface area contributed by atoms with Crippen LogP contribution in [0.1, 0.15) is 46.1 Å². The van der Waals surface area contributed by atoms with Crippen LogP contribution in [0.3, 0.4) is 0 Å². The molecule has 0 aliphatic carbocycles. The van der Waals surface area contributed by atoms with Crippen LogP contribution in [0.15, 0.2) is 30.3 Å². The van der Waals surface area contributed by atoms with Gasteiger partial charge in [0.25, 0.3) is 0 Å². The highest BCUT2D eigenvalue weighted by Crippen LogP contribution is 2.60. The van der Waals surface area contributed by atoms with E-state index in [4.69, 9.17) is 4.74 Å². The van der Waals surface area contributed by atoms with Gasteiger partial charge in [-0.2, -0.15) is 0 Å². The first-order valence-electron chi connectivity index (χ1n) is 12.5. The number of amides is 3. The number of hydrogen-bond donors (Lipinski definition) is 3. The molecule has 3 N–H and O–H groups in total. The zero-order chi connectivity index (χ0) is 25.5. The van der Waals surface area contributed by atoms with Crippen LogP contribution >= 0.6 is 15.9 Å². The second kappa shape index (κ2) is 10.2. The third kappa shape index (κ3) is 4.62. The molecule has 8 nitrogen and oxygen atoms in total. The Kier molecular flexibility index (Phi) is 7.60. The number of nitrogens with zero attached hydrogens (tertiary/aromatic N) is 1. The first-order chi connectivity index (χ1) is 16.6. The van der Waals surface area contributed by atoms with Gasteiger partial charge < -0.3 is 25.4 Å². The number of fused-ring (bicyclic) bond motifs is 1. The lowest BCUT2D eigenvalue weighted by Crippen LogP contribution is -2.59. The van der Waals surface area contributed by atoms with E-state index in [9.17, 15) is 19.5 Å². The third-order valence-electron chi connectivity index (χ3n) is 7.37. The molecule has 0 saturated carbocycles. The topological polar surface area (TPSA) is 108 Å². The van der Waals surface area contributed by atoms with E-state index in [2.05, 4.69) is 26.6 Å². The lowest BCUT2D eigenvalue weighted by Gasteiger charge is -2.37. The van der Waals surface area contributed by atoms with Gasteiger partial charge in [-0.3, -0.25) is 14.4 Å². The van der Waals surface area contributed by atoms with E-state index in [-0.39, 0.29) is 41.1 Å². The smallest absolute Gasteiger partial charge is 0.246 e. The van der Waals surface area contributed by atoms with Crippen LogP contribution in [0.4, 0.5) is 0 Å². The van der Waals surface area contributed by atoms with Crippen molar-refractivity contribution in [2.75, 3.05) is 6.61 Å². The Labute approximate surface area is 215 Å². The van der Waals surface area contributed by atoms with E-state index >= 15 is 0 Å². The van der Waals surface area contributed by atoms with E-state index in [0.29, 0.717) is 19.4 Å². The highest BCUT2D eigenvalue weighted by Gasteiger charge is 2.77. The largest absolute Gasteiger partial charge is 0.394 e. The Balaban J connectivity index is 1.69. The van der Waals surface area contributed by atoms with Gasteiger partial charge in [0.2, 0.25) is 17.7 Å². The predicted molar refractivity (Wildman–Crippen MR) is 134 cm³/mol. The van der Waals surface area contributed by atoms with Crippen LogP contribution in [-0.4, -0.2) is 69.0 Å². The molecule has 1 aromatic carbocycles. The molecule has 1 spiro atoms. The zero-order valence-electron chi connectivity index (χ0n) is 20.7. The van der Waals surface area contributed by atoms with Crippen molar-refractivity contribution in [3.63, 3.8) is 0 Å². The van der Waals surface area contributed by atoms with Crippen molar-refractivity contribution in [2.45, 2.75) is 81.7 Å².